The molecule has 106 valence electrons. The predicted molar refractivity (Wildman–Crippen MR) is 76.1 cm³/mol. The largest absolute Gasteiger partial charge is 0.472 e. The molecule has 0 spiro atoms. The Morgan fingerprint density at radius 1 is 1.26 bits per heavy atom. The van der Waals surface area contributed by atoms with Crippen LogP contribution in [0.15, 0.2) is 11.5 Å². The average Bonchev–Trinajstić information content (AvgIpc) is 2.26. The van der Waals surface area contributed by atoms with E-state index in [1.165, 1.54) is 6.42 Å². The van der Waals surface area contributed by atoms with Gasteiger partial charge in [0.25, 0.3) is 0 Å². The minimum atomic E-state index is -0.179. The molecule has 0 unspecified atom stereocenters. The summed E-state index contributed by atoms with van der Waals surface area (Å²) < 4.78 is 6.16. The van der Waals surface area contributed by atoms with Gasteiger partial charge in [0, 0.05) is 25.9 Å². The number of hydrogen-bond acceptors (Lipinski definition) is 3. The monoisotopic (exact) mass is 262 g/mol. The Hall–Kier alpha value is -1.17. The van der Waals surface area contributed by atoms with Crippen molar-refractivity contribution in [3.63, 3.8) is 0 Å². The van der Waals surface area contributed by atoms with Crippen LogP contribution in [0, 0.1) is 28.6 Å². The predicted octanol–water partition coefficient (Wildman–Crippen LogP) is 3.53. The molecule has 3 nitrogen and oxygen atoms in total. The molecule has 3 heteroatoms. The highest BCUT2D eigenvalue weighted by Crippen LogP contribution is 2.52. The van der Waals surface area contributed by atoms with Crippen LogP contribution in [0.3, 0.4) is 0 Å². The first-order valence-electron chi connectivity index (χ1n) is 7.18. The molecule has 1 saturated carbocycles. The normalized spacial score (nSPS) is 32.1. The molecule has 1 fully saturated rings. The van der Waals surface area contributed by atoms with Gasteiger partial charge in [-0.25, -0.2) is 0 Å². The fourth-order valence-corrected chi connectivity index (χ4v) is 3.72. The molecule has 0 bridgehead atoms. The van der Waals surface area contributed by atoms with Crippen molar-refractivity contribution in [1.82, 2.24) is 4.90 Å². The lowest BCUT2D eigenvalue weighted by Gasteiger charge is -2.51. The van der Waals surface area contributed by atoms with Crippen LogP contribution in [-0.4, -0.2) is 24.6 Å². The molecular formula is C16H26N2O. The molecule has 0 aromatic carbocycles. The van der Waals surface area contributed by atoms with Gasteiger partial charge in [-0.15, -0.1) is 0 Å². The number of rotatable bonds is 1. The third-order valence-corrected chi connectivity index (χ3v) is 4.77. The van der Waals surface area contributed by atoms with Crippen LogP contribution in [0.5, 0.6) is 0 Å². The lowest BCUT2D eigenvalue weighted by atomic mass is 9.60. The topological polar surface area (TPSA) is 36.3 Å². The second-order valence-electron chi connectivity index (χ2n) is 7.55. The zero-order valence-electron chi connectivity index (χ0n) is 13.1. The number of ether oxygens (including phenoxy) is 1. The van der Waals surface area contributed by atoms with E-state index in [9.17, 15) is 5.26 Å². The molecular weight excluding hydrogens is 236 g/mol. The van der Waals surface area contributed by atoms with Gasteiger partial charge in [0.15, 0.2) is 0 Å². The van der Waals surface area contributed by atoms with E-state index in [0.29, 0.717) is 17.3 Å². The molecule has 2 aliphatic rings. The molecule has 19 heavy (non-hydrogen) atoms. The van der Waals surface area contributed by atoms with Crippen molar-refractivity contribution >= 4 is 0 Å². The van der Waals surface area contributed by atoms with Crippen molar-refractivity contribution < 1.29 is 4.74 Å². The smallest absolute Gasteiger partial charge is 0.203 e. The fraction of sp³-hybridized carbons (Fsp3) is 0.812. The number of nitriles is 1. The molecule has 1 heterocycles. The molecule has 0 amide bonds. The number of fused-ring (bicyclic) bond motifs is 1. The van der Waals surface area contributed by atoms with Crippen molar-refractivity contribution in [2.75, 3.05) is 14.1 Å². The Morgan fingerprint density at radius 3 is 2.42 bits per heavy atom. The maximum Gasteiger partial charge on any atom is 0.203 e. The van der Waals surface area contributed by atoms with E-state index >= 15 is 0 Å². The maximum absolute atomic E-state index is 9.58. The summed E-state index contributed by atoms with van der Waals surface area (Å²) in [4.78, 5) is 1.94. The van der Waals surface area contributed by atoms with Crippen molar-refractivity contribution in [2.24, 2.45) is 17.3 Å². The molecule has 0 N–H and O–H groups in total. The van der Waals surface area contributed by atoms with Crippen LogP contribution in [0.2, 0.25) is 0 Å². The van der Waals surface area contributed by atoms with Crippen LogP contribution >= 0.6 is 0 Å². The van der Waals surface area contributed by atoms with E-state index in [4.69, 9.17) is 4.74 Å². The summed E-state index contributed by atoms with van der Waals surface area (Å²) in [6, 6.07) is 2.42. The number of nitrogens with zero attached hydrogens (tertiary/aromatic N) is 2. The molecule has 1 aliphatic heterocycles. The SMILES string of the molecule is CN(C)C1=C(C#N)[C@H]2CC(C)(C)CC[C@@H]2C(C)(C)O1. The lowest BCUT2D eigenvalue weighted by molar-refractivity contribution is -0.101. The van der Waals surface area contributed by atoms with Crippen LogP contribution in [0.1, 0.15) is 47.0 Å². The second kappa shape index (κ2) is 4.44. The van der Waals surface area contributed by atoms with Crippen LogP contribution < -0.4 is 0 Å². The van der Waals surface area contributed by atoms with Gasteiger partial charge in [0.1, 0.15) is 11.7 Å². The van der Waals surface area contributed by atoms with Crippen LogP contribution in [0.25, 0.3) is 0 Å². The first kappa shape index (κ1) is 14.2. The van der Waals surface area contributed by atoms with E-state index in [-0.39, 0.29) is 5.60 Å². The zero-order valence-corrected chi connectivity index (χ0v) is 13.1. The summed E-state index contributed by atoms with van der Waals surface area (Å²) >= 11 is 0. The molecule has 0 aromatic rings. The van der Waals surface area contributed by atoms with Crippen molar-refractivity contribution in [1.29, 1.82) is 5.26 Å². The van der Waals surface area contributed by atoms with Gasteiger partial charge in [0.2, 0.25) is 5.88 Å². The minimum Gasteiger partial charge on any atom is -0.472 e. The molecule has 0 radical (unpaired) electrons. The Morgan fingerprint density at radius 2 is 1.89 bits per heavy atom. The lowest BCUT2D eigenvalue weighted by Crippen LogP contribution is -2.49. The van der Waals surface area contributed by atoms with Crippen molar-refractivity contribution in [3.8, 4) is 6.07 Å². The Labute approximate surface area is 117 Å². The van der Waals surface area contributed by atoms with Gasteiger partial charge in [-0.2, -0.15) is 5.26 Å². The van der Waals surface area contributed by atoms with Gasteiger partial charge in [-0.05, 0) is 38.5 Å². The van der Waals surface area contributed by atoms with E-state index < -0.39 is 0 Å². The Balaban J connectivity index is 2.47. The van der Waals surface area contributed by atoms with Gasteiger partial charge in [-0.3, -0.25) is 0 Å². The Kier molecular flexibility index (Phi) is 3.33. The third kappa shape index (κ3) is 2.45. The molecule has 2 atom stereocenters. The quantitative estimate of drug-likeness (QED) is 0.725. The molecule has 2 rings (SSSR count). The highest BCUT2D eigenvalue weighted by atomic mass is 16.5. The average molecular weight is 262 g/mol. The second-order valence-corrected chi connectivity index (χ2v) is 7.55. The van der Waals surface area contributed by atoms with Gasteiger partial charge < -0.3 is 9.64 Å². The highest BCUT2D eigenvalue weighted by molar-refractivity contribution is 5.32. The summed E-state index contributed by atoms with van der Waals surface area (Å²) in [5.41, 5.74) is 0.997. The summed E-state index contributed by atoms with van der Waals surface area (Å²) in [5, 5.41) is 9.58. The number of allylic oxidation sites excluding steroid dienone is 1. The maximum atomic E-state index is 9.58. The summed E-state index contributed by atoms with van der Waals surface area (Å²) in [6.07, 6.45) is 3.46. The standard InChI is InChI=1S/C16H26N2O/c1-15(2)8-7-13-11(9-15)12(10-17)14(18(5)6)19-16(13,3)4/h11,13H,7-9H2,1-6H3/t11-,13+/m1/s1. The van der Waals surface area contributed by atoms with Gasteiger partial charge >= 0.3 is 0 Å². The van der Waals surface area contributed by atoms with Crippen molar-refractivity contribution in [3.05, 3.63) is 11.5 Å². The first-order chi connectivity index (χ1) is 8.68. The summed E-state index contributed by atoms with van der Waals surface area (Å²) in [6.45, 7) is 8.97. The van der Waals surface area contributed by atoms with Crippen LogP contribution in [-0.2, 0) is 4.74 Å². The van der Waals surface area contributed by atoms with E-state index in [0.717, 1.165) is 24.3 Å². The fourth-order valence-electron chi connectivity index (χ4n) is 3.72. The van der Waals surface area contributed by atoms with E-state index in [2.05, 4.69) is 33.8 Å². The summed E-state index contributed by atoms with van der Waals surface area (Å²) in [7, 11) is 3.91. The molecule has 0 aromatic heterocycles. The minimum absolute atomic E-state index is 0.179. The van der Waals surface area contributed by atoms with E-state index in [1.54, 1.807) is 0 Å². The third-order valence-electron chi connectivity index (χ3n) is 4.77. The van der Waals surface area contributed by atoms with Crippen molar-refractivity contribution in [2.45, 2.75) is 52.6 Å². The first-order valence-corrected chi connectivity index (χ1v) is 7.18. The number of hydrogen-bond donors (Lipinski definition) is 0. The summed E-state index contributed by atoms with van der Waals surface area (Å²) in [5.74, 6) is 1.57. The zero-order chi connectivity index (χ0) is 14.4. The Bertz CT molecular complexity index is 440. The van der Waals surface area contributed by atoms with Gasteiger partial charge in [-0.1, -0.05) is 13.8 Å². The molecule has 0 saturated heterocycles. The highest BCUT2D eigenvalue weighted by Gasteiger charge is 2.49. The molecule has 1 aliphatic carbocycles. The van der Waals surface area contributed by atoms with E-state index in [1.807, 2.05) is 19.0 Å². The van der Waals surface area contributed by atoms with Crippen LogP contribution in [0.4, 0.5) is 0 Å². The van der Waals surface area contributed by atoms with Gasteiger partial charge in [0.05, 0.1) is 5.57 Å².